The molecule has 0 saturated carbocycles. The SMILES string of the molecule is Cc1csc([C@H](C#N)C(=O)COC(=O)c2cccnc2Sc2ccccc2)n1. The van der Waals surface area contributed by atoms with Gasteiger partial charge >= 0.3 is 5.97 Å². The van der Waals surface area contributed by atoms with Crippen LogP contribution in [0.5, 0.6) is 0 Å². The molecular formula is C20H15N3O3S2. The number of hydrogen-bond donors (Lipinski definition) is 0. The molecule has 0 radical (unpaired) electrons. The van der Waals surface area contributed by atoms with Crippen LogP contribution in [0.2, 0.25) is 0 Å². The van der Waals surface area contributed by atoms with E-state index in [2.05, 4.69) is 9.97 Å². The Balaban J connectivity index is 1.68. The van der Waals surface area contributed by atoms with E-state index in [1.165, 1.54) is 23.1 Å². The fourth-order valence-corrected chi connectivity index (χ4v) is 4.05. The molecule has 0 aliphatic rings. The molecule has 2 aromatic heterocycles. The van der Waals surface area contributed by atoms with Gasteiger partial charge in [0.15, 0.2) is 18.3 Å². The Labute approximate surface area is 170 Å². The molecule has 0 saturated heterocycles. The molecule has 28 heavy (non-hydrogen) atoms. The van der Waals surface area contributed by atoms with E-state index in [9.17, 15) is 14.9 Å². The number of aryl methyl sites for hydroxylation is 1. The number of nitrogens with zero attached hydrogens (tertiary/aromatic N) is 3. The molecule has 0 bridgehead atoms. The van der Waals surface area contributed by atoms with Gasteiger partial charge in [0.25, 0.3) is 0 Å². The van der Waals surface area contributed by atoms with Crippen LogP contribution in [0.25, 0.3) is 0 Å². The molecule has 3 aromatic rings. The quantitative estimate of drug-likeness (QED) is 0.544. The van der Waals surface area contributed by atoms with Gasteiger partial charge in [0, 0.05) is 22.2 Å². The lowest BCUT2D eigenvalue weighted by Crippen LogP contribution is -2.20. The number of ketones is 1. The van der Waals surface area contributed by atoms with Gasteiger partial charge in [-0.25, -0.2) is 14.8 Å². The van der Waals surface area contributed by atoms with Crippen molar-refractivity contribution < 1.29 is 14.3 Å². The summed E-state index contributed by atoms with van der Waals surface area (Å²) in [5.41, 5.74) is 1.01. The Morgan fingerprint density at radius 3 is 2.71 bits per heavy atom. The van der Waals surface area contributed by atoms with Crippen molar-refractivity contribution in [2.45, 2.75) is 22.8 Å². The molecule has 0 N–H and O–H groups in total. The van der Waals surface area contributed by atoms with Crippen LogP contribution in [0.3, 0.4) is 0 Å². The van der Waals surface area contributed by atoms with Crippen molar-refractivity contribution in [1.82, 2.24) is 9.97 Å². The summed E-state index contributed by atoms with van der Waals surface area (Å²) in [5, 5.41) is 11.9. The molecule has 0 unspecified atom stereocenters. The Morgan fingerprint density at radius 2 is 2.04 bits per heavy atom. The summed E-state index contributed by atoms with van der Waals surface area (Å²) in [6.45, 7) is 1.29. The molecule has 8 heteroatoms. The topological polar surface area (TPSA) is 92.9 Å². The molecule has 0 aliphatic carbocycles. The number of Topliss-reactive ketones (excluding diaryl/α,β-unsaturated/α-hetero) is 1. The largest absolute Gasteiger partial charge is 0.454 e. The van der Waals surface area contributed by atoms with Gasteiger partial charge in [-0.1, -0.05) is 30.0 Å². The van der Waals surface area contributed by atoms with E-state index in [0.717, 1.165) is 10.6 Å². The normalized spacial score (nSPS) is 11.4. The van der Waals surface area contributed by atoms with Crippen molar-refractivity contribution in [2.75, 3.05) is 6.61 Å². The van der Waals surface area contributed by atoms with E-state index in [1.807, 2.05) is 36.4 Å². The van der Waals surface area contributed by atoms with Crippen LogP contribution in [-0.4, -0.2) is 28.3 Å². The zero-order valence-electron chi connectivity index (χ0n) is 14.9. The number of pyridine rings is 1. The molecule has 6 nitrogen and oxygen atoms in total. The first-order chi connectivity index (χ1) is 13.6. The summed E-state index contributed by atoms with van der Waals surface area (Å²) in [6.07, 6.45) is 1.59. The second kappa shape index (κ2) is 9.26. The van der Waals surface area contributed by atoms with Gasteiger partial charge in [-0.2, -0.15) is 5.26 Å². The number of carbonyl (C=O) groups is 2. The highest BCUT2D eigenvalue weighted by atomic mass is 32.2. The molecule has 0 aliphatic heterocycles. The molecule has 0 fully saturated rings. The maximum atomic E-state index is 12.5. The highest BCUT2D eigenvalue weighted by Crippen LogP contribution is 2.29. The number of hydrogen-bond acceptors (Lipinski definition) is 8. The highest BCUT2D eigenvalue weighted by molar-refractivity contribution is 7.99. The number of aromatic nitrogens is 2. The van der Waals surface area contributed by atoms with E-state index in [1.54, 1.807) is 30.6 Å². The molecule has 0 spiro atoms. The first-order valence-corrected chi connectivity index (χ1v) is 9.97. The molecule has 1 aromatic carbocycles. The van der Waals surface area contributed by atoms with Gasteiger partial charge in [-0.05, 0) is 31.2 Å². The molecule has 2 heterocycles. The average molecular weight is 409 g/mol. The van der Waals surface area contributed by atoms with Crippen LogP contribution in [0.4, 0.5) is 0 Å². The van der Waals surface area contributed by atoms with Gasteiger partial charge in [-0.3, -0.25) is 4.79 Å². The van der Waals surface area contributed by atoms with Crippen molar-refractivity contribution >= 4 is 34.9 Å². The zero-order chi connectivity index (χ0) is 19.9. The van der Waals surface area contributed by atoms with Gasteiger partial charge in [0.05, 0.1) is 11.6 Å². The second-order valence-corrected chi connectivity index (χ2v) is 7.65. The Morgan fingerprint density at radius 1 is 1.25 bits per heavy atom. The number of thiazole rings is 1. The van der Waals surface area contributed by atoms with Gasteiger partial charge < -0.3 is 4.74 Å². The monoisotopic (exact) mass is 409 g/mol. The van der Waals surface area contributed by atoms with Crippen LogP contribution in [0.1, 0.15) is 27.0 Å². The summed E-state index contributed by atoms with van der Waals surface area (Å²) in [6, 6.07) is 14.7. The molecule has 140 valence electrons. The molecule has 0 amide bonds. The van der Waals surface area contributed by atoms with Gasteiger partial charge in [0.2, 0.25) is 0 Å². The smallest absolute Gasteiger partial charge is 0.341 e. The third-order valence-corrected chi connectivity index (χ3v) is 5.68. The Hall–Kier alpha value is -3.02. The van der Waals surface area contributed by atoms with Crippen molar-refractivity contribution in [1.29, 1.82) is 5.26 Å². The van der Waals surface area contributed by atoms with Crippen LogP contribution in [0, 0.1) is 18.3 Å². The number of rotatable bonds is 7. The van der Waals surface area contributed by atoms with Gasteiger partial charge in [-0.15, -0.1) is 11.3 Å². The van der Waals surface area contributed by atoms with Crippen LogP contribution >= 0.6 is 23.1 Å². The number of esters is 1. The highest BCUT2D eigenvalue weighted by Gasteiger charge is 2.25. The fourth-order valence-electron chi connectivity index (χ4n) is 2.30. The van der Waals surface area contributed by atoms with Gasteiger partial charge in [0.1, 0.15) is 10.0 Å². The van der Waals surface area contributed by atoms with E-state index < -0.39 is 24.3 Å². The second-order valence-electron chi connectivity index (χ2n) is 5.70. The fraction of sp³-hybridized carbons (Fsp3) is 0.150. The standard InChI is InChI=1S/C20H15N3O3S2/c1-13-12-27-19(23-13)16(10-21)17(24)11-26-20(25)15-8-5-9-22-18(15)28-14-6-3-2-4-7-14/h2-9,12,16H,11H2,1H3/t16-/m1/s1. The minimum atomic E-state index is -1.04. The lowest BCUT2D eigenvalue weighted by molar-refractivity contribution is -0.122. The molecule has 3 rings (SSSR count). The van der Waals surface area contributed by atoms with Crippen LogP contribution < -0.4 is 0 Å². The number of benzene rings is 1. The number of nitriles is 1. The van der Waals surface area contributed by atoms with Crippen LogP contribution in [-0.2, 0) is 9.53 Å². The zero-order valence-corrected chi connectivity index (χ0v) is 16.5. The van der Waals surface area contributed by atoms with E-state index in [4.69, 9.17) is 4.74 Å². The minimum Gasteiger partial charge on any atom is -0.454 e. The first kappa shape index (κ1) is 19.7. The predicted molar refractivity (Wildman–Crippen MR) is 105 cm³/mol. The Bertz CT molecular complexity index is 1030. The van der Waals surface area contributed by atoms with E-state index >= 15 is 0 Å². The summed E-state index contributed by atoms with van der Waals surface area (Å²) in [4.78, 5) is 34.2. The summed E-state index contributed by atoms with van der Waals surface area (Å²) in [5.74, 6) is -2.21. The third-order valence-electron chi connectivity index (χ3n) is 3.63. The van der Waals surface area contributed by atoms with E-state index in [-0.39, 0.29) is 5.56 Å². The van der Waals surface area contributed by atoms with Crippen molar-refractivity contribution in [3.05, 3.63) is 70.3 Å². The Kier molecular flexibility index (Phi) is 6.53. The summed E-state index contributed by atoms with van der Waals surface area (Å²) >= 11 is 2.57. The van der Waals surface area contributed by atoms with Crippen molar-refractivity contribution in [3.8, 4) is 6.07 Å². The summed E-state index contributed by atoms with van der Waals surface area (Å²) < 4.78 is 5.16. The number of carbonyl (C=O) groups excluding carboxylic acids is 2. The maximum absolute atomic E-state index is 12.5. The molecule has 1 atom stereocenters. The van der Waals surface area contributed by atoms with Crippen molar-refractivity contribution in [2.24, 2.45) is 0 Å². The lowest BCUT2D eigenvalue weighted by Gasteiger charge is -2.09. The number of ether oxygens (including phenoxy) is 1. The average Bonchev–Trinajstić information content (AvgIpc) is 3.14. The van der Waals surface area contributed by atoms with E-state index in [0.29, 0.717) is 10.0 Å². The van der Waals surface area contributed by atoms with Crippen LogP contribution in [0.15, 0.2) is 64.0 Å². The third kappa shape index (κ3) is 4.82. The summed E-state index contributed by atoms with van der Waals surface area (Å²) in [7, 11) is 0. The molecular weight excluding hydrogens is 394 g/mol. The lowest BCUT2D eigenvalue weighted by atomic mass is 10.1. The van der Waals surface area contributed by atoms with Crippen molar-refractivity contribution in [3.63, 3.8) is 0 Å². The predicted octanol–water partition coefficient (Wildman–Crippen LogP) is 4.03. The first-order valence-electron chi connectivity index (χ1n) is 8.28. The minimum absolute atomic E-state index is 0.266. The maximum Gasteiger partial charge on any atom is 0.341 e.